The molecule has 0 aliphatic heterocycles. The highest BCUT2D eigenvalue weighted by molar-refractivity contribution is 5.84. The van der Waals surface area contributed by atoms with Gasteiger partial charge in [0.2, 0.25) is 0 Å². The number of amides is 2. The Kier molecular flexibility index (Phi) is 4.86. The van der Waals surface area contributed by atoms with Crippen molar-refractivity contribution in [2.24, 2.45) is 7.05 Å². The Morgan fingerprint density at radius 1 is 1.30 bits per heavy atom. The highest BCUT2D eigenvalue weighted by atomic mass is 16.3. The van der Waals surface area contributed by atoms with Gasteiger partial charge in [-0.15, -0.1) is 0 Å². The van der Waals surface area contributed by atoms with Crippen LogP contribution in [0.2, 0.25) is 0 Å². The molecule has 23 heavy (non-hydrogen) atoms. The number of aliphatic hydroxyl groups excluding tert-OH is 1. The van der Waals surface area contributed by atoms with E-state index in [1.54, 1.807) is 0 Å². The van der Waals surface area contributed by atoms with Gasteiger partial charge in [0.15, 0.2) is 0 Å². The van der Waals surface area contributed by atoms with E-state index in [2.05, 4.69) is 10.6 Å². The summed E-state index contributed by atoms with van der Waals surface area (Å²) in [5.74, 6) is 0. The fraction of sp³-hybridized carbons (Fsp3) is 0.500. The van der Waals surface area contributed by atoms with Gasteiger partial charge in [0.25, 0.3) is 0 Å². The maximum absolute atomic E-state index is 12.0. The molecule has 0 saturated heterocycles. The number of benzene rings is 1. The van der Waals surface area contributed by atoms with E-state index in [0.717, 1.165) is 29.3 Å². The van der Waals surface area contributed by atoms with E-state index < -0.39 is 6.10 Å². The van der Waals surface area contributed by atoms with Crippen molar-refractivity contribution in [1.29, 1.82) is 0 Å². The van der Waals surface area contributed by atoms with Gasteiger partial charge in [0.1, 0.15) is 0 Å². The number of rotatable bonds is 4. The molecular formula is C18H25N3O2. The minimum atomic E-state index is -0.710. The standard InChI is InChI=1S/C18H25N3O2/c1-21-12-15(14-9-5-6-10-16(14)21)17(22)11-19-18(23)20-13-7-3-2-4-8-13/h5-6,9-10,12-13,17,22H,2-4,7-8,11H2,1H3,(H2,19,20,23)/t17-/m0/s1. The lowest BCUT2D eigenvalue weighted by molar-refractivity contribution is 0.173. The highest BCUT2D eigenvalue weighted by Crippen LogP contribution is 2.25. The highest BCUT2D eigenvalue weighted by Gasteiger charge is 2.18. The molecular weight excluding hydrogens is 290 g/mol. The molecule has 1 atom stereocenters. The summed E-state index contributed by atoms with van der Waals surface area (Å²) in [6, 6.07) is 8.05. The Bertz CT molecular complexity index is 674. The summed E-state index contributed by atoms with van der Waals surface area (Å²) in [4.78, 5) is 12.0. The molecule has 1 aromatic carbocycles. The largest absolute Gasteiger partial charge is 0.386 e. The number of hydrogen-bond donors (Lipinski definition) is 3. The zero-order valence-corrected chi connectivity index (χ0v) is 13.6. The molecule has 0 radical (unpaired) electrons. The summed E-state index contributed by atoms with van der Waals surface area (Å²) in [6.45, 7) is 0.215. The zero-order valence-electron chi connectivity index (χ0n) is 13.6. The number of carbonyl (C=O) groups excluding carboxylic acids is 1. The summed E-state index contributed by atoms with van der Waals surface area (Å²) < 4.78 is 2.00. The maximum atomic E-state index is 12.0. The average Bonchev–Trinajstić information content (AvgIpc) is 2.91. The molecule has 1 saturated carbocycles. The van der Waals surface area contributed by atoms with Crippen LogP contribution in [0, 0.1) is 0 Å². The van der Waals surface area contributed by atoms with Gasteiger partial charge in [-0.25, -0.2) is 4.79 Å². The molecule has 1 aliphatic rings. The topological polar surface area (TPSA) is 66.3 Å². The average molecular weight is 315 g/mol. The summed E-state index contributed by atoms with van der Waals surface area (Å²) >= 11 is 0. The SMILES string of the molecule is Cn1cc([C@@H](O)CNC(=O)NC2CCCCC2)c2ccccc21. The van der Waals surface area contributed by atoms with Crippen LogP contribution in [-0.4, -0.2) is 28.3 Å². The van der Waals surface area contributed by atoms with E-state index in [1.807, 2.05) is 42.1 Å². The van der Waals surface area contributed by atoms with Crippen molar-refractivity contribution in [3.63, 3.8) is 0 Å². The van der Waals surface area contributed by atoms with Crippen LogP contribution in [0.3, 0.4) is 0 Å². The third-order valence-corrected chi connectivity index (χ3v) is 4.68. The van der Waals surface area contributed by atoms with Crippen molar-refractivity contribution in [2.45, 2.75) is 44.2 Å². The lowest BCUT2D eigenvalue weighted by Gasteiger charge is -2.23. The minimum absolute atomic E-state index is 0.184. The second-order valence-electron chi connectivity index (χ2n) is 6.42. The Morgan fingerprint density at radius 2 is 2.04 bits per heavy atom. The van der Waals surface area contributed by atoms with E-state index in [-0.39, 0.29) is 18.6 Å². The van der Waals surface area contributed by atoms with Crippen molar-refractivity contribution < 1.29 is 9.90 Å². The Labute approximate surface area is 136 Å². The number of carbonyl (C=O) groups is 1. The molecule has 1 fully saturated rings. The third-order valence-electron chi connectivity index (χ3n) is 4.68. The monoisotopic (exact) mass is 315 g/mol. The van der Waals surface area contributed by atoms with E-state index in [9.17, 15) is 9.90 Å². The molecule has 2 amide bonds. The van der Waals surface area contributed by atoms with Crippen molar-refractivity contribution >= 4 is 16.9 Å². The number of hydrogen-bond acceptors (Lipinski definition) is 2. The van der Waals surface area contributed by atoms with Gasteiger partial charge in [0.05, 0.1) is 6.10 Å². The van der Waals surface area contributed by atoms with E-state index in [0.29, 0.717) is 0 Å². The first-order chi connectivity index (χ1) is 11.1. The van der Waals surface area contributed by atoms with Crippen molar-refractivity contribution in [3.8, 4) is 0 Å². The van der Waals surface area contributed by atoms with Gasteiger partial charge in [-0.3, -0.25) is 0 Å². The second kappa shape index (κ2) is 7.04. The van der Waals surface area contributed by atoms with Crippen LogP contribution >= 0.6 is 0 Å². The Balaban J connectivity index is 1.58. The maximum Gasteiger partial charge on any atom is 0.315 e. The summed E-state index contributed by atoms with van der Waals surface area (Å²) in [5, 5.41) is 17.3. The summed E-state index contributed by atoms with van der Waals surface area (Å²) in [6.07, 6.45) is 6.96. The van der Waals surface area contributed by atoms with Gasteiger partial charge in [-0.2, -0.15) is 0 Å². The molecule has 0 unspecified atom stereocenters. The number of para-hydroxylation sites is 1. The van der Waals surface area contributed by atoms with E-state index >= 15 is 0 Å². The van der Waals surface area contributed by atoms with Crippen LogP contribution in [0.4, 0.5) is 4.79 Å². The minimum Gasteiger partial charge on any atom is -0.386 e. The van der Waals surface area contributed by atoms with Crippen LogP contribution in [0.5, 0.6) is 0 Å². The first-order valence-corrected chi connectivity index (χ1v) is 8.41. The molecule has 2 aromatic rings. The smallest absolute Gasteiger partial charge is 0.315 e. The number of urea groups is 1. The summed E-state index contributed by atoms with van der Waals surface area (Å²) in [7, 11) is 1.96. The van der Waals surface area contributed by atoms with Crippen LogP contribution in [0.1, 0.15) is 43.8 Å². The first kappa shape index (κ1) is 15.9. The molecule has 3 N–H and O–H groups in total. The summed E-state index contributed by atoms with van der Waals surface area (Å²) in [5.41, 5.74) is 1.93. The van der Waals surface area contributed by atoms with Gasteiger partial charge in [0, 0.05) is 42.3 Å². The molecule has 0 spiro atoms. The number of aromatic nitrogens is 1. The molecule has 0 bridgehead atoms. The van der Waals surface area contributed by atoms with Crippen molar-refractivity contribution in [1.82, 2.24) is 15.2 Å². The number of nitrogens with zero attached hydrogens (tertiary/aromatic N) is 1. The quantitative estimate of drug-likeness (QED) is 0.812. The zero-order chi connectivity index (χ0) is 16.2. The molecule has 5 heteroatoms. The van der Waals surface area contributed by atoms with E-state index in [1.165, 1.54) is 19.3 Å². The predicted octanol–water partition coefficient (Wildman–Crippen LogP) is 2.84. The van der Waals surface area contributed by atoms with Crippen LogP contribution < -0.4 is 10.6 Å². The predicted molar refractivity (Wildman–Crippen MR) is 91.3 cm³/mol. The van der Waals surface area contributed by atoms with Crippen molar-refractivity contribution in [2.75, 3.05) is 6.54 Å². The number of aliphatic hydroxyl groups is 1. The van der Waals surface area contributed by atoms with Crippen LogP contribution in [-0.2, 0) is 7.05 Å². The fourth-order valence-electron chi connectivity index (χ4n) is 3.42. The molecule has 124 valence electrons. The number of fused-ring (bicyclic) bond motifs is 1. The lowest BCUT2D eigenvalue weighted by Crippen LogP contribution is -2.44. The van der Waals surface area contributed by atoms with Gasteiger partial charge >= 0.3 is 6.03 Å². The van der Waals surface area contributed by atoms with Crippen molar-refractivity contribution in [3.05, 3.63) is 36.0 Å². The lowest BCUT2D eigenvalue weighted by atomic mass is 9.96. The second-order valence-corrected chi connectivity index (χ2v) is 6.42. The molecule has 1 aromatic heterocycles. The number of aryl methyl sites for hydroxylation is 1. The number of nitrogens with one attached hydrogen (secondary N) is 2. The normalized spacial score (nSPS) is 17.1. The van der Waals surface area contributed by atoms with Gasteiger partial charge < -0.3 is 20.3 Å². The Hall–Kier alpha value is -2.01. The van der Waals surface area contributed by atoms with Crippen LogP contribution in [0.25, 0.3) is 10.9 Å². The van der Waals surface area contributed by atoms with E-state index in [4.69, 9.17) is 0 Å². The fourth-order valence-corrected chi connectivity index (χ4v) is 3.42. The van der Waals surface area contributed by atoms with Crippen LogP contribution in [0.15, 0.2) is 30.5 Å². The molecule has 1 heterocycles. The van der Waals surface area contributed by atoms with Gasteiger partial charge in [-0.05, 0) is 18.9 Å². The molecule has 1 aliphatic carbocycles. The third kappa shape index (κ3) is 3.67. The molecule has 5 nitrogen and oxygen atoms in total. The first-order valence-electron chi connectivity index (χ1n) is 8.41. The van der Waals surface area contributed by atoms with Gasteiger partial charge in [-0.1, -0.05) is 37.5 Å². The Morgan fingerprint density at radius 3 is 2.83 bits per heavy atom. The molecule has 3 rings (SSSR count).